The first-order valence-electron chi connectivity index (χ1n) is 5.69. The average molecular weight is 260 g/mol. The number of benzene rings is 1. The van der Waals surface area contributed by atoms with Gasteiger partial charge in [-0.05, 0) is 25.2 Å². The van der Waals surface area contributed by atoms with Gasteiger partial charge in [-0.2, -0.15) is 13.2 Å². The molecule has 1 aromatic carbocycles. The first kappa shape index (κ1) is 13.2. The Hall–Kier alpha value is -1.27. The van der Waals surface area contributed by atoms with Crippen LogP contribution in [0.1, 0.15) is 5.56 Å². The number of hydrogen-bond acceptors (Lipinski definition) is 3. The van der Waals surface area contributed by atoms with Crippen LogP contribution >= 0.6 is 0 Å². The topological polar surface area (TPSA) is 24.5 Å². The Kier molecular flexibility index (Phi) is 3.77. The second-order valence-electron chi connectivity index (χ2n) is 4.58. The SMILES string of the molecule is CN1CC(CONc2cccc(C(F)(F)F)c2)C1. The van der Waals surface area contributed by atoms with Crippen molar-refractivity contribution in [3.8, 4) is 0 Å². The first-order valence-corrected chi connectivity index (χ1v) is 5.69. The van der Waals surface area contributed by atoms with Crippen molar-refractivity contribution >= 4 is 5.69 Å². The monoisotopic (exact) mass is 260 g/mol. The number of anilines is 1. The van der Waals surface area contributed by atoms with E-state index in [9.17, 15) is 13.2 Å². The number of halogens is 3. The molecule has 1 aromatic rings. The Morgan fingerprint density at radius 3 is 2.72 bits per heavy atom. The molecule has 2 rings (SSSR count). The molecule has 1 aliphatic rings. The van der Waals surface area contributed by atoms with Gasteiger partial charge in [0.25, 0.3) is 0 Å². The third-order valence-electron chi connectivity index (χ3n) is 2.84. The number of likely N-dealkylation sites (tertiary alicyclic amines) is 1. The van der Waals surface area contributed by atoms with Crippen LogP contribution in [0.15, 0.2) is 24.3 Å². The van der Waals surface area contributed by atoms with Crippen LogP contribution in [-0.4, -0.2) is 31.6 Å². The largest absolute Gasteiger partial charge is 0.416 e. The first-order chi connectivity index (χ1) is 8.45. The lowest BCUT2D eigenvalue weighted by Gasteiger charge is -2.35. The van der Waals surface area contributed by atoms with Gasteiger partial charge in [0.05, 0.1) is 17.9 Å². The van der Waals surface area contributed by atoms with Crippen molar-refractivity contribution in [2.45, 2.75) is 6.18 Å². The average Bonchev–Trinajstić information content (AvgIpc) is 2.26. The Balaban J connectivity index is 1.82. The van der Waals surface area contributed by atoms with Gasteiger partial charge in [-0.25, -0.2) is 0 Å². The smallest absolute Gasteiger partial charge is 0.306 e. The van der Waals surface area contributed by atoms with E-state index in [-0.39, 0.29) is 0 Å². The summed E-state index contributed by atoms with van der Waals surface area (Å²) in [6.45, 7) is 2.43. The number of nitrogens with zero attached hydrogens (tertiary/aromatic N) is 1. The molecule has 1 saturated heterocycles. The summed E-state index contributed by atoms with van der Waals surface area (Å²) in [5.41, 5.74) is 2.19. The van der Waals surface area contributed by atoms with E-state index in [1.54, 1.807) is 6.07 Å². The van der Waals surface area contributed by atoms with Crippen molar-refractivity contribution in [1.82, 2.24) is 4.90 Å². The lowest BCUT2D eigenvalue weighted by Crippen LogP contribution is -2.46. The standard InChI is InChI=1S/C12H15F3N2O/c1-17-6-9(7-17)8-18-16-11-4-2-3-10(5-11)12(13,14)15/h2-5,9,16H,6-8H2,1H3. The van der Waals surface area contributed by atoms with E-state index in [0.717, 1.165) is 25.2 Å². The quantitative estimate of drug-likeness (QED) is 0.842. The van der Waals surface area contributed by atoms with Gasteiger partial charge < -0.3 is 4.90 Å². The molecule has 0 spiro atoms. The highest BCUT2D eigenvalue weighted by Gasteiger charge is 2.30. The van der Waals surface area contributed by atoms with E-state index in [0.29, 0.717) is 18.2 Å². The van der Waals surface area contributed by atoms with E-state index in [2.05, 4.69) is 10.4 Å². The van der Waals surface area contributed by atoms with Gasteiger partial charge in [-0.3, -0.25) is 10.3 Å². The van der Waals surface area contributed by atoms with Crippen LogP contribution in [0.4, 0.5) is 18.9 Å². The Morgan fingerprint density at radius 2 is 2.11 bits per heavy atom. The Morgan fingerprint density at radius 1 is 1.39 bits per heavy atom. The van der Waals surface area contributed by atoms with Crippen molar-refractivity contribution in [1.29, 1.82) is 0 Å². The summed E-state index contributed by atoms with van der Waals surface area (Å²) >= 11 is 0. The highest BCUT2D eigenvalue weighted by Crippen LogP contribution is 2.30. The number of rotatable bonds is 4. The van der Waals surface area contributed by atoms with Gasteiger partial charge >= 0.3 is 6.18 Å². The molecule has 1 fully saturated rings. The van der Waals surface area contributed by atoms with E-state index in [1.807, 2.05) is 7.05 Å². The molecule has 1 aliphatic heterocycles. The van der Waals surface area contributed by atoms with Crippen LogP contribution in [-0.2, 0) is 11.0 Å². The summed E-state index contributed by atoms with van der Waals surface area (Å²) in [5, 5.41) is 0. The molecule has 6 heteroatoms. The maximum absolute atomic E-state index is 12.5. The molecule has 1 heterocycles. The third kappa shape index (κ3) is 3.36. The fourth-order valence-electron chi connectivity index (χ4n) is 1.94. The maximum Gasteiger partial charge on any atom is 0.416 e. The molecule has 100 valence electrons. The normalized spacial score (nSPS) is 17.6. The molecule has 3 nitrogen and oxygen atoms in total. The number of hydrogen-bond donors (Lipinski definition) is 1. The van der Waals surface area contributed by atoms with Crippen molar-refractivity contribution in [3.05, 3.63) is 29.8 Å². The van der Waals surface area contributed by atoms with Gasteiger partial charge in [-0.1, -0.05) is 6.07 Å². The Bertz CT molecular complexity index is 403. The van der Waals surface area contributed by atoms with Crippen LogP contribution in [0.3, 0.4) is 0 Å². The molecule has 0 radical (unpaired) electrons. The minimum Gasteiger partial charge on any atom is -0.306 e. The summed E-state index contributed by atoms with van der Waals surface area (Å²) in [4.78, 5) is 7.35. The fourth-order valence-corrected chi connectivity index (χ4v) is 1.94. The molecule has 0 bridgehead atoms. The molecule has 0 atom stereocenters. The summed E-state index contributed by atoms with van der Waals surface area (Å²) in [7, 11) is 2.01. The zero-order valence-electron chi connectivity index (χ0n) is 10.00. The van der Waals surface area contributed by atoms with Crippen molar-refractivity contribution < 1.29 is 18.0 Å². The molecule has 0 aliphatic carbocycles. The molecule has 0 amide bonds. The molecule has 0 unspecified atom stereocenters. The van der Waals surface area contributed by atoms with Crippen molar-refractivity contribution in [2.24, 2.45) is 5.92 Å². The lowest BCUT2D eigenvalue weighted by molar-refractivity contribution is -0.137. The minimum absolute atomic E-state index is 0.317. The predicted octanol–water partition coefficient (Wildman–Crippen LogP) is 2.61. The minimum atomic E-state index is -4.33. The zero-order valence-corrected chi connectivity index (χ0v) is 10.00. The zero-order chi connectivity index (χ0) is 13.2. The van der Waals surface area contributed by atoms with Gasteiger partial charge in [0.1, 0.15) is 0 Å². The highest BCUT2D eigenvalue weighted by molar-refractivity contribution is 5.44. The number of alkyl halides is 3. The lowest BCUT2D eigenvalue weighted by atomic mass is 10.0. The third-order valence-corrected chi connectivity index (χ3v) is 2.84. The van der Waals surface area contributed by atoms with E-state index >= 15 is 0 Å². The van der Waals surface area contributed by atoms with Gasteiger partial charge in [0, 0.05) is 19.0 Å². The molecule has 1 N–H and O–H groups in total. The highest BCUT2D eigenvalue weighted by atomic mass is 19.4. The Labute approximate surface area is 103 Å². The van der Waals surface area contributed by atoms with Crippen molar-refractivity contribution in [2.75, 3.05) is 32.2 Å². The summed E-state index contributed by atoms with van der Waals surface area (Å²) < 4.78 is 37.4. The van der Waals surface area contributed by atoms with Crippen molar-refractivity contribution in [3.63, 3.8) is 0 Å². The maximum atomic E-state index is 12.5. The van der Waals surface area contributed by atoms with E-state index in [1.165, 1.54) is 6.07 Å². The second-order valence-corrected chi connectivity index (χ2v) is 4.58. The van der Waals surface area contributed by atoms with E-state index < -0.39 is 11.7 Å². The van der Waals surface area contributed by atoms with Crippen LogP contribution in [0.2, 0.25) is 0 Å². The van der Waals surface area contributed by atoms with Crippen LogP contribution in [0.5, 0.6) is 0 Å². The van der Waals surface area contributed by atoms with Crippen LogP contribution < -0.4 is 5.48 Å². The second kappa shape index (κ2) is 5.16. The summed E-state index contributed by atoms with van der Waals surface area (Å²) in [6, 6.07) is 4.97. The molecular weight excluding hydrogens is 245 g/mol. The van der Waals surface area contributed by atoms with Gasteiger partial charge in [0.15, 0.2) is 0 Å². The van der Waals surface area contributed by atoms with Gasteiger partial charge in [0.2, 0.25) is 0 Å². The van der Waals surface area contributed by atoms with Gasteiger partial charge in [-0.15, -0.1) is 0 Å². The number of nitrogens with one attached hydrogen (secondary N) is 1. The van der Waals surface area contributed by atoms with Crippen LogP contribution in [0.25, 0.3) is 0 Å². The molecule has 0 aromatic heterocycles. The summed E-state index contributed by atoms with van der Waals surface area (Å²) in [6.07, 6.45) is -4.33. The molecular formula is C12H15F3N2O. The fraction of sp³-hybridized carbons (Fsp3) is 0.500. The molecule has 18 heavy (non-hydrogen) atoms. The van der Waals surface area contributed by atoms with Crippen LogP contribution in [0, 0.1) is 5.92 Å². The summed E-state index contributed by atoms with van der Waals surface area (Å²) in [5.74, 6) is 0.452. The van der Waals surface area contributed by atoms with E-state index in [4.69, 9.17) is 4.84 Å². The molecule has 0 saturated carbocycles. The predicted molar refractivity (Wildman–Crippen MR) is 62.0 cm³/mol.